The summed E-state index contributed by atoms with van der Waals surface area (Å²) in [5.74, 6) is -0.304. The smallest absolute Gasteiger partial charge is 0.410 e. The van der Waals surface area contributed by atoms with Gasteiger partial charge in [0.1, 0.15) is 18.7 Å². The molecule has 132 valence electrons. The van der Waals surface area contributed by atoms with E-state index in [1.807, 2.05) is 36.4 Å². The Bertz CT molecular complexity index is 830. The van der Waals surface area contributed by atoms with Crippen LogP contribution in [0.3, 0.4) is 0 Å². The third-order valence-corrected chi connectivity index (χ3v) is 4.30. The van der Waals surface area contributed by atoms with Crippen molar-refractivity contribution in [3.63, 3.8) is 0 Å². The number of anilines is 1. The van der Waals surface area contributed by atoms with Gasteiger partial charge in [0.15, 0.2) is 0 Å². The van der Waals surface area contributed by atoms with Gasteiger partial charge < -0.3 is 10.1 Å². The summed E-state index contributed by atoms with van der Waals surface area (Å²) in [7, 11) is 0. The monoisotopic (exact) mass is 349 g/mol. The largest absolute Gasteiger partial charge is 0.445 e. The van der Waals surface area contributed by atoms with Gasteiger partial charge >= 0.3 is 6.09 Å². The molecule has 1 aliphatic heterocycles. The molecule has 1 atom stereocenters. The Kier molecular flexibility index (Phi) is 5.49. The van der Waals surface area contributed by atoms with E-state index in [1.54, 1.807) is 24.3 Å². The number of hydrogen-bond donors (Lipinski definition) is 1. The summed E-state index contributed by atoms with van der Waals surface area (Å²) in [6.07, 6.45) is 0.805. The number of para-hydroxylation sites is 1. The van der Waals surface area contributed by atoms with Gasteiger partial charge in [-0.05, 0) is 30.5 Å². The Hall–Kier alpha value is -3.33. The van der Waals surface area contributed by atoms with E-state index in [4.69, 9.17) is 10.00 Å². The van der Waals surface area contributed by atoms with E-state index in [2.05, 4.69) is 5.32 Å². The number of carbonyl (C=O) groups is 2. The lowest BCUT2D eigenvalue weighted by atomic mass is 10.1. The van der Waals surface area contributed by atoms with E-state index < -0.39 is 12.1 Å². The van der Waals surface area contributed by atoms with Crippen LogP contribution in [0.15, 0.2) is 54.6 Å². The van der Waals surface area contributed by atoms with Crippen LogP contribution < -0.4 is 5.32 Å². The first-order valence-corrected chi connectivity index (χ1v) is 8.46. The van der Waals surface area contributed by atoms with E-state index in [-0.39, 0.29) is 12.5 Å². The fourth-order valence-electron chi connectivity index (χ4n) is 2.97. The predicted octanol–water partition coefficient (Wildman–Crippen LogP) is 3.30. The molecule has 1 N–H and O–H groups in total. The normalized spacial score (nSPS) is 16.0. The minimum absolute atomic E-state index is 0.168. The standard InChI is InChI=1S/C20H19N3O3/c21-13-16-9-4-5-10-17(16)22-19(24)18-11-6-12-23(18)20(25)26-14-15-7-2-1-3-8-15/h1-5,7-10,18H,6,11-12,14H2,(H,22,24). The molecular weight excluding hydrogens is 330 g/mol. The molecule has 0 bridgehead atoms. The predicted molar refractivity (Wildman–Crippen MR) is 96.1 cm³/mol. The van der Waals surface area contributed by atoms with Crippen molar-refractivity contribution >= 4 is 17.7 Å². The lowest BCUT2D eigenvalue weighted by molar-refractivity contribution is -0.120. The van der Waals surface area contributed by atoms with E-state index in [0.29, 0.717) is 24.2 Å². The quantitative estimate of drug-likeness (QED) is 0.918. The van der Waals surface area contributed by atoms with Crippen molar-refractivity contribution in [2.75, 3.05) is 11.9 Å². The molecule has 0 radical (unpaired) electrons. The van der Waals surface area contributed by atoms with Gasteiger partial charge in [-0.2, -0.15) is 5.26 Å². The van der Waals surface area contributed by atoms with Crippen molar-refractivity contribution in [1.29, 1.82) is 5.26 Å². The topological polar surface area (TPSA) is 82.4 Å². The Morgan fingerprint density at radius 2 is 1.88 bits per heavy atom. The lowest BCUT2D eigenvalue weighted by Crippen LogP contribution is -2.43. The first kappa shape index (κ1) is 17.5. The Labute approximate surface area is 152 Å². The minimum Gasteiger partial charge on any atom is -0.445 e. The van der Waals surface area contributed by atoms with E-state index in [0.717, 1.165) is 12.0 Å². The first-order valence-electron chi connectivity index (χ1n) is 8.46. The maximum Gasteiger partial charge on any atom is 0.410 e. The molecule has 1 unspecified atom stereocenters. The van der Waals surface area contributed by atoms with Crippen LogP contribution in [0.4, 0.5) is 10.5 Å². The highest BCUT2D eigenvalue weighted by Gasteiger charge is 2.35. The van der Waals surface area contributed by atoms with Crippen LogP contribution in [0.5, 0.6) is 0 Å². The lowest BCUT2D eigenvalue weighted by Gasteiger charge is -2.23. The second kappa shape index (κ2) is 8.17. The molecule has 0 saturated carbocycles. The number of benzene rings is 2. The van der Waals surface area contributed by atoms with Crippen molar-refractivity contribution in [2.24, 2.45) is 0 Å². The molecule has 2 amide bonds. The molecule has 1 fully saturated rings. The minimum atomic E-state index is -0.593. The Morgan fingerprint density at radius 1 is 1.15 bits per heavy atom. The summed E-state index contributed by atoms with van der Waals surface area (Å²) in [4.78, 5) is 26.4. The third-order valence-electron chi connectivity index (χ3n) is 4.30. The molecule has 3 rings (SSSR count). The third kappa shape index (κ3) is 4.01. The number of amides is 2. The molecule has 1 aliphatic rings. The van der Waals surface area contributed by atoms with Crippen LogP contribution in [0.2, 0.25) is 0 Å². The molecule has 2 aromatic carbocycles. The molecule has 1 saturated heterocycles. The van der Waals surface area contributed by atoms with Crippen molar-refractivity contribution in [2.45, 2.75) is 25.5 Å². The number of likely N-dealkylation sites (tertiary alicyclic amines) is 1. The number of nitriles is 1. The highest BCUT2D eigenvalue weighted by molar-refractivity contribution is 5.97. The van der Waals surface area contributed by atoms with Crippen molar-refractivity contribution in [3.05, 3.63) is 65.7 Å². The zero-order chi connectivity index (χ0) is 18.4. The average Bonchev–Trinajstić information content (AvgIpc) is 3.17. The number of nitrogens with zero attached hydrogens (tertiary/aromatic N) is 2. The summed E-state index contributed by atoms with van der Waals surface area (Å²) in [5.41, 5.74) is 1.73. The molecule has 2 aromatic rings. The second-order valence-corrected chi connectivity index (χ2v) is 6.04. The van der Waals surface area contributed by atoms with Crippen LogP contribution in [-0.4, -0.2) is 29.5 Å². The van der Waals surface area contributed by atoms with Gasteiger partial charge in [-0.15, -0.1) is 0 Å². The van der Waals surface area contributed by atoms with Crippen molar-refractivity contribution in [3.8, 4) is 6.07 Å². The van der Waals surface area contributed by atoms with Gasteiger partial charge in [0.05, 0.1) is 11.3 Å². The van der Waals surface area contributed by atoms with E-state index >= 15 is 0 Å². The van der Waals surface area contributed by atoms with E-state index in [9.17, 15) is 9.59 Å². The summed E-state index contributed by atoms with van der Waals surface area (Å²) in [6.45, 7) is 0.646. The van der Waals surface area contributed by atoms with Gasteiger partial charge in [-0.25, -0.2) is 4.79 Å². The van der Waals surface area contributed by atoms with Crippen LogP contribution in [0.1, 0.15) is 24.0 Å². The molecule has 26 heavy (non-hydrogen) atoms. The number of ether oxygens (including phenoxy) is 1. The number of rotatable bonds is 4. The number of carbonyl (C=O) groups excluding carboxylic acids is 2. The summed E-state index contributed by atoms with van der Waals surface area (Å²) < 4.78 is 5.34. The SMILES string of the molecule is N#Cc1ccccc1NC(=O)C1CCCN1C(=O)OCc1ccccc1. The maximum absolute atomic E-state index is 12.6. The van der Waals surface area contributed by atoms with Gasteiger partial charge in [-0.1, -0.05) is 42.5 Å². The Balaban J connectivity index is 1.63. The molecule has 6 heteroatoms. The molecule has 0 aliphatic carbocycles. The van der Waals surface area contributed by atoms with Crippen LogP contribution in [-0.2, 0) is 16.1 Å². The highest BCUT2D eigenvalue weighted by atomic mass is 16.6. The fourth-order valence-corrected chi connectivity index (χ4v) is 2.97. The Morgan fingerprint density at radius 3 is 2.65 bits per heavy atom. The maximum atomic E-state index is 12.6. The van der Waals surface area contributed by atoms with Crippen molar-refractivity contribution in [1.82, 2.24) is 4.90 Å². The molecule has 6 nitrogen and oxygen atoms in total. The molecular formula is C20H19N3O3. The van der Waals surface area contributed by atoms with Crippen LogP contribution >= 0.6 is 0 Å². The zero-order valence-electron chi connectivity index (χ0n) is 14.2. The first-order chi connectivity index (χ1) is 12.7. The molecule has 0 spiro atoms. The van der Waals surface area contributed by atoms with Crippen LogP contribution in [0.25, 0.3) is 0 Å². The van der Waals surface area contributed by atoms with Gasteiger partial charge in [0.2, 0.25) is 5.91 Å². The van der Waals surface area contributed by atoms with E-state index in [1.165, 1.54) is 4.90 Å². The van der Waals surface area contributed by atoms with Gasteiger partial charge in [0.25, 0.3) is 0 Å². The highest BCUT2D eigenvalue weighted by Crippen LogP contribution is 2.22. The summed E-state index contributed by atoms with van der Waals surface area (Å²) >= 11 is 0. The summed E-state index contributed by atoms with van der Waals surface area (Å²) in [5, 5.41) is 11.9. The van der Waals surface area contributed by atoms with Crippen LogP contribution in [0, 0.1) is 11.3 Å². The fraction of sp³-hybridized carbons (Fsp3) is 0.250. The van der Waals surface area contributed by atoms with Gasteiger partial charge in [0, 0.05) is 6.54 Å². The number of hydrogen-bond acceptors (Lipinski definition) is 4. The summed E-state index contributed by atoms with van der Waals surface area (Å²) in [6, 6.07) is 17.6. The second-order valence-electron chi connectivity index (χ2n) is 6.04. The van der Waals surface area contributed by atoms with Gasteiger partial charge in [-0.3, -0.25) is 9.69 Å². The zero-order valence-corrected chi connectivity index (χ0v) is 14.2. The van der Waals surface area contributed by atoms with Crippen molar-refractivity contribution < 1.29 is 14.3 Å². The molecule has 1 heterocycles. The number of nitrogens with one attached hydrogen (secondary N) is 1. The average molecular weight is 349 g/mol. The molecule has 0 aromatic heterocycles.